The summed E-state index contributed by atoms with van der Waals surface area (Å²) >= 11 is 0. The summed E-state index contributed by atoms with van der Waals surface area (Å²) in [5, 5.41) is 6.73. The Bertz CT molecular complexity index is 3090. The van der Waals surface area contributed by atoms with Gasteiger partial charge in [-0.2, -0.15) is 0 Å². The highest BCUT2D eigenvalue weighted by Gasteiger charge is 2.52. The molecule has 4 heterocycles. The summed E-state index contributed by atoms with van der Waals surface area (Å²) in [4.78, 5) is 0. The first-order valence-electron chi connectivity index (χ1n) is 23.5. The molecule has 0 bridgehead atoms. The highest BCUT2D eigenvalue weighted by molar-refractivity contribution is 7.06. The molecule has 0 nitrogen and oxygen atoms in total. The van der Waals surface area contributed by atoms with Gasteiger partial charge in [-0.3, -0.25) is 0 Å². The fourth-order valence-electron chi connectivity index (χ4n) is 14.0. The van der Waals surface area contributed by atoms with Crippen LogP contribution in [0.3, 0.4) is 0 Å². The lowest BCUT2D eigenvalue weighted by atomic mass is 9.70. The molecule has 0 atom stereocenters. The zero-order valence-electron chi connectivity index (χ0n) is 35.6. The van der Waals surface area contributed by atoms with Crippen LogP contribution in [0.25, 0.3) is 68.8 Å². The molecule has 8 aromatic rings. The Morgan fingerprint density at radius 3 is 1.06 bits per heavy atom. The summed E-state index contributed by atoms with van der Waals surface area (Å²) in [6.45, 7) is 0. The van der Waals surface area contributed by atoms with Crippen molar-refractivity contribution in [3.63, 3.8) is 0 Å². The van der Waals surface area contributed by atoms with Gasteiger partial charge in [0, 0.05) is 0 Å². The second-order valence-corrected chi connectivity index (χ2v) is 27.9. The Morgan fingerprint density at radius 1 is 0.286 bits per heavy atom. The molecule has 0 radical (unpaired) electrons. The van der Waals surface area contributed by atoms with Crippen LogP contribution in [0.15, 0.2) is 170 Å². The smallest absolute Gasteiger partial charge is 0.0623 e. The summed E-state index contributed by atoms with van der Waals surface area (Å²) in [5.74, 6) is 0. The zero-order valence-corrected chi connectivity index (χ0v) is 37.6. The highest BCUT2D eigenvalue weighted by Crippen LogP contribution is 2.63. The van der Waals surface area contributed by atoms with Gasteiger partial charge in [-0.25, -0.2) is 0 Å². The fraction of sp³-hybridized carbons (Fsp3) is 0.148. The van der Waals surface area contributed by atoms with Crippen LogP contribution in [-0.4, -0.2) is 16.1 Å². The maximum absolute atomic E-state index is 2.51. The van der Waals surface area contributed by atoms with Crippen molar-refractivity contribution in [1.82, 2.24) is 0 Å². The summed E-state index contributed by atoms with van der Waals surface area (Å²) in [7, 11) is -3.23. The van der Waals surface area contributed by atoms with Crippen molar-refractivity contribution in [1.29, 1.82) is 0 Å². The van der Waals surface area contributed by atoms with Crippen LogP contribution >= 0.6 is 0 Å². The molecule has 0 amide bonds. The summed E-state index contributed by atoms with van der Waals surface area (Å²) in [6, 6.07) is 72.0. The Kier molecular flexibility index (Phi) is 7.66. The van der Waals surface area contributed by atoms with Crippen LogP contribution in [-0.2, 0) is 5.41 Å². The molecular weight excluding hydrogens is 789 g/mol. The number of benzene rings is 8. The molecule has 0 N–H and O–H groups in total. The third kappa shape index (κ3) is 4.86. The van der Waals surface area contributed by atoms with E-state index in [9.17, 15) is 0 Å². The van der Waals surface area contributed by atoms with Crippen molar-refractivity contribution in [2.75, 3.05) is 0 Å². The van der Waals surface area contributed by atoms with E-state index in [2.05, 4.69) is 194 Å². The summed E-state index contributed by atoms with van der Waals surface area (Å²) in [5.41, 5.74) is 21.6. The molecule has 2 saturated heterocycles. The van der Waals surface area contributed by atoms with E-state index in [-0.39, 0.29) is 0 Å². The largest absolute Gasteiger partial charge is 0.119 e. The lowest BCUT2D eigenvalue weighted by Gasteiger charge is -2.30. The quantitative estimate of drug-likeness (QED) is 0.122. The molecular formula is C61H48Si2. The van der Waals surface area contributed by atoms with Crippen LogP contribution in [0.1, 0.15) is 70.2 Å². The molecule has 8 aromatic carbocycles. The molecule has 14 rings (SSSR count). The van der Waals surface area contributed by atoms with Gasteiger partial charge < -0.3 is 0 Å². The minimum atomic E-state index is -1.62. The SMILES string of the molecule is C(=Cc1ccc2c(c1)C1(c3ccccc3-c3ccccc31)c1cc(C=Cc3ccc4c(c3)-c3ccccc3[Si]43CCCC3)ccc1-2)c1ccc2c(c1)-c1ccccc1[Si]21CCCC1. The Labute approximate surface area is 373 Å². The Balaban J connectivity index is 0.866. The zero-order chi connectivity index (χ0) is 41.3. The number of hydrogen-bond donors (Lipinski definition) is 0. The van der Waals surface area contributed by atoms with E-state index in [0.29, 0.717) is 0 Å². The van der Waals surface area contributed by atoms with Crippen LogP contribution in [0, 0.1) is 0 Å². The minimum absolute atomic E-state index is 0.402. The van der Waals surface area contributed by atoms with Crippen LogP contribution in [0.5, 0.6) is 0 Å². The van der Waals surface area contributed by atoms with Gasteiger partial charge in [0.25, 0.3) is 0 Å². The third-order valence-corrected chi connectivity index (χ3v) is 27.3. The monoisotopic (exact) mass is 836 g/mol. The number of rotatable bonds is 4. The van der Waals surface area contributed by atoms with Gasteiger partial charge in [-0.1, -0.05) is 196 Å². The van der Waals surface area contributed by atoms with Crippen molar-refractivity contribution in [2.45, 2.75) is 55.3 Å². The second-order valence-electron chi connectivity index (χ2n) is 19.4. The van der Waals surface area contributed by atoms with Gasteiger partial charge in [0.2, 0.25) is 0 Å². The normalized spacial score (nSPS) is 17.9. The summed E-state index contributed by atoms with van der Waals surface area (Å²) in [6.07, 6.45) is 14.9. The van der Waals surface area contributed by atoms with Gasteiger partial charge in [0.1, 0.15) is 16.1 Å². The molecule has 0 unspecified atom stereocenters. The van der Waals surface area contributed by atoms with E-state index in [4.69, 9.17) is 0 Å². The Morgan fingerprint density at radius 2 is 0.619 bits per heavy atom. The lowest BCUT2D eigenvalue weighted by Crippen LogP contribution is -2.52. The van der Waals surface area contributed by atoms with E-state index < -0.39 is 21.6 Å². The molecule has 4 aliphatic heterocycles. The van der Waals surface area contributed by atoms with Gasteiger partial charge in [-0.15, -0.1) is 0 Å². The first kappa shape index (κ1) is 36.2. The topological polar surface area (TPSA) is 0 Å². The second kappa shape index (κ2) is 13.3. The molecule has 3 spiro atoms. The predicted octanol–water partition coefficient (Wildman–Crippen LogP) is 13.0. The highest BCUT2D eigenvalue weighted by atomic mass is 28.3. The van der Waals surface area contributed by atoms with E-state index in [1.165, 1.54) is 139 Å². The first-order chi connectivity index (χ1) is 31.2. The standard InChI is InChI=1S/C61H48Si2/c1-5-17-53-45(13-1)46-14-2-6-18-54(46)61(53)55-39-43(23-21-41-27-31-59-51(37-41)49-15-3-7-19-57(49)62(59)33-9-10-34-62)25-29-47(55)48-30-26-44(40-56(48)61)24-22-42-28-32-60-52(38-42)50-16-4-8-20-58(50)63(60)35-11-12-36-63/h1-8,13-32,37-40H,9-12,33-36H2. The Hall–Kier alpha value is -6.33. The molecule has 63 heavy (non-hydrogen) atoms. The van der Waals surface area contributed by atoms with Gasteiger partial charge in [-0.05, 0) is 158 Å². The van der Waals surface area contributed by atoms with Gasteiger partial charge >= 0.3 is 0 Å². The third-order valence-electron chi connectivity index (χ3n) is 16.6. The van der Waals surface area contributed by atoms with E-state index in [0.717, 1.165) is 0 Å². The molecule has 0 aromatic heterocycles. The van der Waals surface area contributed by atoms with Crippen molar-refractivity contribution < 1.29 is 0 Å². The molecule has 6 aliphatic rings. The lowest BCUT2D eigenvalue weighted by molar-refractivity contribution is 0.793. The predicted molar refractivity (Wildman–Crippen MR) is 272 cm³/mol. The summed E-state index contributed by atoms with van der Waals surface area (Å²) < 4.78 is 0. The van der Waals surface area contributed by atoms with Gasteiger partial charge in [0.15, 0.2) is 0 Å². The first-order valence-corrected chi connectivity index (χ1v) is 28.3. The van der Waals surface area contributed by atoms with Crippen molar-refractivity contribution in [3.05, 3.63) is 214 Å². The van der Waals surface area contributed by atoms with E-state index in [1.807, 2.05) is 0 Å². The van der Waals surface area contributed by atoms with Crippen LogP contribution < -0.4 is 20.7 Å². The van der Waals surface area contributed by atoms with Crippen LogP contribution in [0.2, 0.25) is 24.2 Å². The molecule has 2 aliphatic carbocycles. The molecule has 300 valence electrons. The van der Waals surface area contributed by atoms with E-state index >= 15 is 0 Å². The van der Waals surface area contributed by atoms with Crippen LogP contribution in [0.4, 0.5) is 0 Å². The average Bonchev–Trinajstić information content (AvgIpc) is 4.21. The molecule has 2 fully saturated rings. The van der Waals surface area contributed by atoms with Crippen molar-refractivity contribution in [3.8, 4) is 44.5 Å². The maximum Gasteiger partial charge on any atom is 0.119 e. The molecule has 2 heteroatoms. The average molecular weight is 837 g/mol. The minimum Gasteiger partial charge on any atom is -0.0623 e. The van der Waals surface area contributed by atoms with E-state index in [1.54, 1.807) is 20.7 Å². The number of hydrogen-bond acceptors (Lipinski definition) is 0. The van der Waals surface area contributed by atoms with Crippen molar-refractivity contribution >= 4 is 61.2 Å². The number of fused-ring (bicyclic) bond motifs is 20. The van der Waals surface area contributed by atoms with Crippen molar-refractivity contribution in [2.24, 2.45) is 0 Å². The van der Waals surface area contributed by atoms with Gasteiger partial charge in [0.05, 0.1) is 5.41 Å². The maximum atomic E-state index is 2.51. The molecule has 0 saturated carbocycles. The fourth-order valence-corrected chi connectivity index (χ4v) is 25.2.